The fourth-order valence-corrected chi connectivity index (χ4v) is 4.51. The predicted octanol–water partition coefficient (Wildman–Crippen LogP) is 4.98. The van der Waals surface area contributed by atoms with Crippen LogP contribution < -0.4 is 10.5 Å². The van der Waals surface area contributed by atoms with Gasteiger partial charge in [-0.3, -0.25) is 4.79 Å². The highest BCUT2D eigenvalue weighted by atomic mass is 35.5. The second-order valence-corrected chi connectivity index (χ2v) is 12.4. The van der Waals surface area contributed by atoms with E-state index in [1.165, 1.54) is 32.1 Å². The van der Waals surface area contributed by atoms with Crippen molar-refractivity contribution in [3.05, 3.63) is 28.8 Å². The molecule has 0 fully saturated rings. The Balaban J connectivity index is 2.56. The van der Waals surface area contributed by atoms with Gasteiger partial charge in [-0.05, 0) is 17.7 Å². The lowest BCUT2D eigenvalue weighted by molar-refractivity contribution is 0.0954. The zero-order valence-electron chi connectivity index (χ0n) is 14.5. The van der Waals surface area contributed by atoms with Gasteiger partial charge in [0.05, 0.1) is 18.7 Å². The standard InChI is InChI=1S/C18H30ClNOSi/c1-5-6-7-8-9-10-14-20-18(21)17-15(19)12-11-13-16(17)22(2,3)4/h11-13H,5-10,14H2,1-4H3,(H,20,21). The first-order valence-corrected chi connectivity index (χ1v) is 12.3. The first-order valence-electron chi connectivity index (χ1n) is 8.45. The molecule has 1 amide bonds. The third kappa shape index (κ3) is 6.13. The van der Waals surface area contributed by atoms with Gasteiger partial charge in [-0.15, -0.1) is 0 Å². The van der Waals surface area contributed by atoms with Crippen molar-refractivity contribution in [3.8, 4) is 0 Å². The van der Waals surface area contributed by atoms with Crippen LogP contribution in [0, 0.1) is 0 Å². The summed E-state index contributed by atoms with van der Waals surface area (Å²) in [6.45, 7) is 9.68. The number of benzene rings is 1. The molecule has 4 heteroatoms. The highest BCUT2D eigenvalue weighted by Gasteiger charge is 2.25. The normalized spacial score (nSPS) is 11.5. The second-order valence-electron chi connectivity index (χ2n) is 6.94. The smallest absolute Gasteiger partial charge is 0.252 e. The minimum Gasteiger partial charge on any atom is -0.352 e. The summed E-state index contributed by atoms with van der Waals surface area (Å²) in [7, 11) is -1.59. The highest BCUT2D eigenvalue weighted by molar-refractivity contribution is 6.89. The molecule has 1 aromatic rings. The van der Waals surface area contributed by atoms with Crippen LogP contribution in [0.15, 0.2) is 18.2 Å². The van der Waals surface area contributed by atoms with Crippen LogP contribution >= 0.6 is 11.6 Å². The van der Waals surface area contributed by atoms with Gasteiger partial charge >= 0.3 is 0 Å². The molecule has 0 atom stereocenters. The highest BCUT2D eigenvalue weighted by Crippen LogP contribution is 2.17. The molecule has 0 aromatic heterocycles. The van der Waals surface area contributed by atoms with E-state index in [4.69, 9.17) is 11.6 Å². The molecule has 0 aliphatic carbocycles. The Morgan fingerprint density at radius 1 is 1.09 bits per heavy atom. The lowest BCUT2D eigenvalue weighted by Crippen LogP contribution is -2.43. The molecule has 2 nitrogen and oxygen atoms in total. The monoisotopic (exact) mass is 339 g/mol. The molecule has 124 valence electrons. The molecule has 22 heavy (non-hydrogen) atoms. The maximum atomic E-state index is 12.5. The van der Waals surface area contributed by atoms with Crippen molar-refractivity contribution in [2.45, 2.75) is 65.1 Å². The van der Waals surface area contributed by atoms with Crippen LogP contribution in [-0.2, 0) is 0 Å². The summed E-state index contributed by atoms with van der Waals surface area (Å²) >= 11 is 6.29. The van der Waals surface area contributed by atoms with Crippen molar-refractivity contribution < 1.29 is 4.79 Å². The fraction of sp³-hybridized carbons (Fsp3) is 0.611. The molecule has 0 saturated carbocycles. The maximum Gasteiger partial charge on any atom is 0.252 e. The van der Waals surface area contributed by atoms with Crippen molar-refractivity contribution in [1.29, 1.82) is 0 Å². The number of carbonyl (C=O) groups excluding carboxylic acids is 1. The van der Waals surface area contributed by atoms with Gasteiger partial charge in [-0.25, -0.2) is 0 Å². The van der Waals surface area contributed by atoms with Crippen molar-refractivity contribution in [2.75, 3.05) is 6.54 Å². The number of carbonyl (C=O) groups is 1. The Hall–Kier alpha value is -0.803. The number of amides is 1. The lowest BCUT2D eigenvalue weighted by atomic mass is 10.1. The molecule has 0 bridgehead atoms. The van der Waals surface area contributed by atoms with Crippen LogP contribution in [0.25, 0.3) is 0 Å². The fourth-order valence-electron chi connectivity index (χ4n) is 2.58. The molecule has 0 spiro atoms. The van der Waals surface area contributed by atoms with Crippen LogP contribution in [0.4, 0.5) is 0 Å². The van der Waals surface area contributed by atoms with Gasteiger partial charge < -0.3 is 5.32 Å². The van der Waals surface area contributed by atoms with Crippen molar-refractivity contribution in [2.24, 2.45) is 0 Å². The zero-order valence-corrected chi connectivity index (χ0v) is 16.2. The molecular weight excluding hydrogens is 310 g/mol. The van der Waals surface area contributed by atoms with E-state index in [2.05, 4.69) is 37.9 Å². The number of hydrogen-bond acceptors (Lipinski definition) is 1. The van der Waals surface area contributed by atoms with E-state index in [0.29, 0.717) is 10.6 Å². The van der Waals surface area contributed by atoms with Gasteiger partial charge in [0.15, 0.2) is 0 Å². The van der Waals surface area contributed by atoms with Gasteiger partial charge in [-0.1, -0.05) is 82.4 Å². The zero-order chi connectivity index (χ0) is 16.6. The molecule has 0 heterocycles. The Morgan fingerprint density at radius 3 is 2.36 bits per heavy atom. The quantitative estimate of drug-likeness (QED) is 0.499. The Kier molecular flexibility index (Phi) is 8.19. The van der Waals surface area contributed by atoms with Gasteiger partial charge in [0.1, 0.15) is 0 Å². The summed E-state index contributed by atoms with van der Waals surface area (Å²) in [4.78, 5) is 12.5. The molecule has 0 aliphatic heterocycles. The topological polar surface area (TPSA) is 29.1 Å². The molecule has 1 N–H and O–H groups in total. The minimum atomic E-state index is -1.59. The maximum absolute atomic E-state index is 12.5. The van der Waals surface area contributed by atoms with Crippen molar-refractivity contribution in [3.63, 3.8) is 0 Å². The van der Waals surface area contributed by atoms with E-state index in [0.717, 1.165) is 18.2 Å². The molecular formula is C18H30ClNOSi. The van der Waals surface area contributed by atoms with E-state index < -0.39 is 8.07 Å². The van der Waals surface area contributed by atoms with Gasteiger partial charge in [0, 0.05) is 6.54 Å². The van der Waals surface area contributed by atoms with Crippen LogP contribution in [0.2, 0.25) is 24.7 Å². The average Bonchev–Trinajstić information content (AvgIpc) is 2.45. The van der Waals surface area contributed by atoms with Crippen LogP contribution in [-0.4, -0.2) is 20.5 Å². The average molecular weight is 340 g/mol. The Morgan fingerprint density at radius 2 is 1.73 bits per heavy atom. The van der Waals surface area contributed by atoms with Crippen molar-refractivity contribution in [1.82, 2.24) is 5.32 Å². The van der Waals surface area contributed by atoms with Gasteiger partial charge in [0.2, 0.25) is 0 Å². The second kappa shape index (κ2) is 9.36. The number of hydrogen-bond donors (Lipinski definition) is 1. The van der Waals surface area contributed by atoms with Crippen molar-refractivity contribution >= 4 is 30.8 Å². The molecule has 1 rings (SSSR count). The summed E-state index contributed by atoms with van der Waals surface area (Å²) in [6.07, 6.45) is 7.37. The van der Waals surface area contributed by atoms with E-state index in [1.807, 2.05) is 12.1 Å². The van der Waals surface area contributed by atoms with Crippen LogP contribution in [0.5, 0.6) is 0 Å². The summed E-state index contributed by atoms with van der Waals surface area (Å²) in [5.41, 5.74) is 0.689. The Bertz CT molecular complexity index is 482. The van der Waals surface area contributed by atoms with E-state index in [1.54, 1.807) is 0 Å². The van der Waals surface area contributed by atoms with Gasteiger partial charge in [0.25, 0.3) is 5.91 Å². The van der Waals surface area contributed by atoms with Crippen LogP contribution in [0.1, 0.15) is 55.8 Å². The molecule has 0 aliphatic rings. The number of rotatable bonds is 9. The van der Waals surface area contributed by atoms with Crippen LogP contribution in [0.3, 0.4) is 0 Å². The first-order chi connectivity index (χ1) is 10.4. The molecule has 1 aromatic carbocycles. The molecule has 0 saturated heterocycles. The summed E-state index contributed by atoms with van der Waals surface area (Å²) < 4.78 is 0. The summed E-state index contributed by atoms with van der Waals surface area (Å²) in [5, 5.41) is 4.75. The van der Waals surface area contributed by atoms with E-state index >= 15 is 0 Å². The van der Waals surface area contributed by atoms with Gasteiger partial charge in [-0.2, -0.15) is 0 Å². The first kappa shape index (κ1) is 19.2. The number of halogens is 1. The summed E-state index contributed by atoms with van der Waals surface area (Å²) in [6, 6.07) is 5.81. The third-order valence-corrected chi connectivity index (χ3v) is 6.21. The molecule has 0 radical (unpaired) electrons. The largest absolute Gasteiger partial charge is 0.352 e. The third-order valence-electron chi connectivity index (χ3n) is 3.86. The Labute approximate surface area is 141 Å². The van der Waals surface area contributed by atoms with E-state index in [-0.39, 0.29) is 5.91 Å². The predicted molar refractivity (Wildman–Crippen MR) is 100 cm³/mol. The molecule has 0 unspecified atom stereocenters. The van der Waals surface area contributed by atoms with E-state index in [9.17, 15) is 4.79 Å². The summed E-state index contributed by atoms with van der Waals surface area (Å²) in [5.74, 6) is -0.0171. The lowest BCUT2D eigenvalue weighted by Gasteiger charge is -2.21. The SMILES string of the molecule is CCCCCCCCNC(=O)c1c(Cl)cccc1[Si](C)(C)C. The minimum absolute atomic E-state index is 0.0171. The number of nitrogens with one attached hydrogen (secondary N) is 1. The number of unbranched alkanes of at least 4 members (excludes halogenated alkanes) is 5.